The lowest BCUT2D eigenvalue weighted by Crippen LogP contribution is -2.41. The number of carbonyl (C=O) groups is 2. The molecule has 10 nitrogen and oxygen atoms in total. The molecule has 2 bridgehead atoms. The first-order valence-electron chi connectivity index (χ1n) is 15.7. The Morgan fingerprint density at radius 3 is 2.47 bits per heavy atom. The number of ether oxygens (including phenoxy) is 2. The molecular formula is C35H36N6O4. The minimum Gasteiger partial charge on any atom is -0.494 e. The SMILES string of the molecule is COc1cc(C(=O)N2CC3CCC2[C@@H]3N)cc2nc(-c3cc4ccc(-c5ccc(OC(C)=O)cc5)nc4n3CC3CC3)n(C)c12. The van der Waals surface area contributed by atoms with Crippen LogP contribution in [0.15, 0.2) is 54.6 Å². The van der Waals surface area contributed by atoms with Crippen molar-refractivity contribution in [3.05, 3.63) is 60.2 Å². The number of rotatable bonds is 7. The van der Waals surface area contributed by atoms with Crippen LogP contribution in [0.4, 0.5) is 0 Å². The molecule has 3 atom stereocenters. The number of likely N-dealkylation sites (tertiary alicyclic amines) is 1. The molecule has 0 radical (unpaired) electrons. The van der Waals surface area contributed by atoms with Gasteiger partial charge in [-0.15, -0.1) is 0 Å². The minimum atomic E-state index is -0.349. The van der Waals surface area contributed by atoms with Crippen LogP contribution in [0, 0.1) is 11.8 Å². The van der Waals surface area contributed by atoms with Crippen molar-refractivity contribution >= 4 is 33.9 Å². The first-order valence-corrected chi connectivity index (χ1v) is 15.7. The van der Waals surface area contributed by atoms with Crippen LogP contribution < -0.4 is 15.2 Å². The third-order valence-electron chi connectivity index (χ3n) is 9.84. The molecule has 3 aliphatic rings. The van der Waals surface area contributed by atoms with Gasteiger partial charge in [0.05, 0.1) is 24.0 Å². The molecule has 3 fully saturated rings. The zero-order chi connectivity index (χ0) is 31.0. The van der Waals surface area contributed by atoms with Gasteiger partial charge >= 0.3 is 5.97 Å². The number of hydrogen-bond donors (Lipinski definition) is 1. The minimum absolute atomic E-state index is 0.00878. The lowest BCUT2D eigenvalue weighted by atomic mass is 10.1. The van der Waals surface area contributed by atoms with Crippen LogP contribution in [0.5, 0.6) is 11.5 Å². The van der Waals surface area contributed by atoms with Gasteiger partial charge in [-0.2, -0.15) is 0 Å². The van der Waals surface area contributed by atoms with Gasteiger partial charge < -0.3 is 29.2 Å². The highest BCUT2D eigenvalue weighted by Gasteiger charge is 2.47. The topological polar surface area (TPSA) is 118 Å². The van der Waals surface area contributed by atoms with Gasteiger partial charge in [0.2, 0.25) is 0 Å². The fourth-order valence-corrected chi connectivity index (χ4v) is 7.34. The molecule has 1 amide bonds. The molecule has 1 aliphatic heterocycles. The van der Waals surface area contributed by atoms with E-state index in [1.165, 1.54) is 19.8 Å². The number of esters is 1. The second-order valence-corrected chi connectivity index (χ2v) is 12.8. The van der Waals surface area contributed by atoms with Crippen LogP contribution >= 0.6 is 0 Å². The maximum Gasteiger partial charge on any atom is 0.308 e. The number of aromatic nitrogens is 4. The molecule has 1 saturated heterocycles. The smallest absolute Gasteiger partial charge is 0.308 e. The molecule has 2 aromatic carbocycles. The number of fused-ring (bicyclic) bond motifs is 4. The monoisotopic (exact) mass is 604 g/mol. The van der Waals surface area contributed by atoms with E-state index in [2.05, 4.69) is 21.3 Å². The van der Waals surface area contributed by atoms with E-state index >= 15 is 0 Å². The van der Waals surface area contributed by atoms with Gasteiger partial charge in [0.15, 0.2) is 5.82 Å². The summed E-state index contributed by atoms with van der Waals surface area (Å²) in [5.41, 5.74) is 12.2. The van der Waals surface area contributed by atoms with E-state index in [-0.39, 0.29) is 24.0 Å². The zero-order valence-corrected chi connectivity index (χ0v) is 25.7. The normalized spacial score (nSPS) is 20.8. The fourth-order valence-electron chi connectivity index (χ4n) is 7.34. The van der Waals surface area contributed by atoms with Crippen LogP contribution in [0.3, 0.4) is 0 Å². The van der Waals surface area contributed by atoms with Gasteiger partial charge in [-0.1, -0.05) is 0 Å². The number of carbonyl (C=O) groups excluding carboxylic acids is 2. The maximum absolute atomic E-state index is 13.7. The number of hydrogen-bond acceptors (Lipinski definition) is 7. The van der Waals surface area contributed by atoms with Crippen LogP contribution in [0.2, 0.25) is 0 Å². The highest BCUT2D eigenvalue weighted by atomic mass is 16.5. The van der Waals surface area contributed by atoms with E-state index in [0.29, 0.717) is 41.0 Å². The Morgan fingerprint density at radius 2 is 1.80 bits per heavy atom. The second kappa shape index (κ2) is 10.4. The third-order valence-corrected chi connectivity index (χ3v) is 9.84. The largest absolute Gasteiger partial charge is 0.494 e. The van der Waals surface area contributed by atoms with E-state index in [0.717, 1.165) is 58.7 Å². The van der Waals surface area contributed by atoms with Gasteiger partial charge in [-0.3, -0.25) is 9.59 Å². The molecule has 2 saturated carbocycles. The molecule has 2 unspecified atom stereocenters. The lowest BCUT2D eigenvalue weighted by Gasteiger charge is -2.27. The van der Waals surface area contributed by atoms with Crippen LogP contribution in [0.1, 0.15) is 43.0 Å². The average molecular weight is 605 g/mol. The fraction of sp³-hybridized carbons (Fsp3) is 0.371. The Labute approximate surface area is 260 Å². The summed E-state index contributed by atoms with van der Waals surface area (Å²) in [6, 6.07) is 17.6. The molecule has 2 aliphatic carbocycles. The first-order chi connectivity index (χ1) is 21.8. The van der Waals surface area contributed by atoms with Crippen molar-refractivity contribution in [1.82, 2.24) is 24.0 Å². The number of methoxy groups -OCH3 is 1. The van der Waals surface area contributed by atoms with Crippen molar-refractivity contribution in [2.75, 3.05) is 13.7 Å². The number of benzene rings is 2. The number of imidazole rings is 1. The molecule has 2 N–H and O–H groups in total. The van der Waals surface area contributed by atoms with Crippen LogP contribution in [-0.2, 0) is 18.4 Å². The lowest BCUT2D eigenvalue weighted by molar-refractivity contribution is -0.131. The molecule has 0 spiro atoms. The van der Waals surface area contributed by atoms with E-state index in [1.54, 1.807) is 19.2 Å². The Bertz CT molecular complexity index is 1990. The predicted octanol–water partition coefficient (Wildman–Crippen LogP) is 5.16. The molecule has 230 valence electrons. The van der Waals surface area contributed by atoms with Crippen molar-refractivity contribution in [3.8, 4) is 34.3 Å². The summed E-state index contributed by atoms with van der Waals surface area (Å²) >= 11 is 0. The summed E-state index contributed by atoms with van der Waals surface area (Å²) in [5, 5.41) is 1.03. The number of nitrogens with two attached hydrogens (primary N) is 1. The predicted molar refractivity (Wildman–Crippen MR) is 171 cm³/mol. The summed E-state index contributed by atoms with van der Waals surface area (Å²) in [6.45, 7) is 2.95. The molecule has 10 heteroatoms. The zero-order valence-electron chi connectivity index (χ0n) is 25.7. The Kier molecular flexibility index (Phi) is 6.46. The molecular weight excluding hydrogens is 568 g/mol. The number of piperidine rings is 1. The van der Waals surface area contributed by atoms with Gasteiger partial charge in [-0.25, -0.2) is 9.97 Å². The summed E-state index contributed by atoms with van der Waals surface area (Å²) in [7, 11) is 3.63. The van der Waals surface area contributed by atoms with Crippen molar-refractivity contribution in [2.24, 2.45) is 24.6 Å². The Balaban J connectivity index is 1.20. The summed E-state index contributed by atoms with van der Waals surface area (Å²) < 4.78 is 15.4. The van der Waals surface area contributed by atoms with Crippen LogP contribution in [-0.4, -0.2) is 61.6 Å². The standard InChI is InChI=1S/C35H36N6O4/c1-19(42)45-25-10-6-21(7-11-25)26-12-8-22-15-29(40(33(22)37-26)17-20-4-5-20)34-38-27-14-24(16-30(44-3)32(27)39(34)2)35(43)41-18-23-9-13-28(41)31(23)36/h6-8,10-12,14-16,20,23,28,31H,4-5,9,13,17-18,36H2,1-3H3/t23?,28?,31-/m1/s1. The van der Waals surface area contributed by atoms with Crippen molar-refractivity contribution in [3.63, 3.8) is 0 Å². The first kappa shape index (κ1) is 27.8. The second-order valence-electron chi connectivity index (χ2n) is 12.8. The molecule has 4 heterocycles. The summed E-state index contributed by atoms with van der Waals surface area (Å²) in [5.74, 6) is 2.54. The van der Waals surface area contributed by atoms with Gasteiger partial charge in [0.25, 0.3) is 5.91 Å². The highest BCUT2D eigenvalue weighted by Crippen LogP contribution is 2.40. The average Bonchev–Trinajstić information content (AvgIpc) is 3.44. The van der Waals surface area contributed by atoms with E-state index in [9.17, 15) is 9.59 Å². The van der Waals surface area contributed by atoms with E-state index in [1.807, 2.05) is 42.3 Å². The maximum atomic E-state index is 13.7. The molecule has 8 rings (SSSR count). The van der Waals surface area contributed by atoms with Crippen molar-refractivity contribution < 1.29 is 19.1 Å². The Hall–Kier alpha value is -4.70. The molecule has 45 heavy (non-hydrogen) atoms. The number of amides is 1. The van der Waals surface area contributed by atoms with Gasteiger partial charge in [-0.05, 0) is 92.1 Å². The molecule has 5 aromatic rings. The van der Waals surface area contributed by atoms with Gasteiger partial charge in [0, 0.05) is 55.7 Å². The Morgan fingerprint density at radius 1 is 1.00 bits per heavy atom. The summed E-state index contributed by atoms with van der Waals surface area (Å²) in [4.78, 5) is 37.2. The molecule has 3 aromatic heterocycles. The van der Waals surface area contributed by atoms with E-state index < -0.39 is 0 Å². The number of aryl methyl sites for hydroxylation is 1. The van der Waals surface area contributed by atoms with E-state index in [4.69, 9.17) is 25.2 Å². The third kappa shape index (κ3) is 4.66. The number of pyridine rings is 1. The van der Waals surface area contributed by atoms with Crippen molar-refractivity contribution in [1.29, 1.82) is 0 Å². The summed E-state index contributed by atoms with van der Waals surface area (Å²) in [6.07, 6.45) is 4.45. The number of nitrogens with zero attached hydrogens (tertiary/aromatic N) is 5. The quantitative estimate of drug-likeness (QED) is 0.201. The van der Waals surface area contributed by atoms with Crippen molar-refractivity contribution in [2.45, 2.75) is 51.2 Å². The van der Waals surface area contributed by atoms with Crippen LogP contribution in [0.25, 0.3) is 44.8 Å². The van der Waals surface area contributed by atoms with Gasteiger partial charge in [0.1, 0.15) is 22.7 Å². The highest BCUT2D eigenvalue weighted by molar-refractivity contribution is 6.00.